The molecule has 1 atom stereocenters. The first kappa shape index (κ1) is 25.2. The van der Waals surface area contributed by atoms with Gasteiger partial charge < -0.3 is 20.1 Å². The number of hydrogen-bond donors (Lipinski definition) is 2. The van der Waals surface area contributed by atoms with Crippen LogP contribution < -0.4 is 15.4 Å². The minimum absolute atomic E-state index is 0. The maximum atomic E-state index is 11.8. The smallest absolute Gasteiger partial charge is 0.191 e. The van der Waals surface area contributed by atoms with Crippen LogP contribution in [0.1, 0.15) is 38.7 Å². The fraction of sp³-hybridized carbons (Fsp3) is 0.667. The van der Waals surface area contributed by atoms with Crippen molar-refractivity contribution in [3.8, 4) is 5.75 Å². The summed E-state index contributed by atoms with van der Waals surface area (Å²) < 4.78 is 34.7. The fourth-order valence-electron chi connectivity index (χ4n) is 4.02. The molecule has 2 aliphatic rings. The first-order chi connectivity index (χ1) is 14.0. The molecule has 0 amide bonds. The van der Waals surface area contributed by atoms with Gasteiger partial charge >= 0.3 is 0 Å². The highest BCUT2D eigenvalue weighted by molar-refractivity contribution is 14.0. The quantitative estimate of drug-likeness (QED) is 0.308. The van der Waals surface area contributed by atoms with Gasteiger partial charge in [-0.05, 0) is 50.8 Å². The predicted molar refractivity (Wildman–Crippen MR) is 131 cm³/mol. The lowest BCUT2D eigenvalue weighted by Gasteiger charge is -2.37. The van der Waals surface area contributed by atoms with Crippen LogP contribution in [-0.2, 0) is 20.0 Å². The third kappa shape index (κ3) is 6.71. The standard InChI is InChI=1S/C21H33N3O4S.HI/c1-3-22-20(24-18-9-14-29(25,26)15-18)23-16-21(10-12-27-13-11-21)17-5-7-19(8-6-17)28-4-2;/h5-8,18H,3-4,9-16H2,1-2H3,(H2,22,23,24);1H. The van der Waals surface area contributed by atoms with Crippen LogP contribution in [0.3, 0.4) is 0 Å². The van der Waals surface area contributed by atoms with Gasteiger partial charge in [0.2, 0.25) is 0 Å². The molecular formula is C21H34IN3O4S. The van der Waals surface area contributed by atoms with Crippen molar-refractivity contribution in [1.82, 2.24) is 10.6 Å². The van der Waals surface area contributed by atoms with Gasteiger partial charge in [0.1, 0.15) is 5.75 Å². The van der Waals surface area contributed by atoms with Gasteiger partial charge in [0.05, 0.1) is 24.7 Å². The molecule has 0 saturated carbocycles. The van der Waals surface area contributed by atoms with Gasteiger partial charge in [-0.1, -0.05) is 12.1 Å². The Balaban J connectivity index is 0.00000320. The van der Waals surface area contributed by atoms with Crippen LogP contribution in [0.15, 0.2) is 29.3 Å². The van der Waals surface area contributed by atoms with Crippen LogP contribution in [0.25, 0.3) is 0 Å². The summed E-state index contributed by atoms with van der Waals surface area (Å²) in [5.74, 6) is 1.98. The first-order valence-corrected chi connectivity index (χ1v) is 12.3. The summed E-state index contributed by atoms with van der Waals surface area (Å²) in [7, 11) is -2.93. The SMILES string of the molecule is CCNC(=NCC1(c2ccc(OCC)cc2)CCOCC1)NC1CCS(=O)(=O)C1.I. The predicted octanol–water partition coefficient (Wildman–Crippen LogP) is 2.49. The van der Waals surface area contributed by atoms with Gasteiger partial charge in [0.25, 0.3) is 0 Å². The molecule has 1 unspecified atom stereocenters. The Kier molecular flexibility index (Phi) is 9.67. The molecule has 3 rings (SSSR count). The number of nitrogens with zero attached hydrogens (tertiary/aromatic N) is 1. The normalized spacial score (nSPS) is 22.7. The molecule has 0 radical (unpaired) electrons. The third-order valence-electron chi connectivity index (χ3n) is 5.68. The largest absolute Gasteiger partial charge is 0.494 e. The van der Waals surface area contributed by atoms with Crippen molar-refractivity contribution in [2.45, 2.75) is 44.6 Å². The molecule has 9 heteroatoms. The van der Waals surface area contributed by atoms with Crippen molar-refractivity contribution >= 4 is 39.8 Å². The Labute approximate surface area is 197 Å². The van der Waals surface area contributed by atoms with Gasteiger partial charge in [0.15, 0.2) is 15.8 Å². The van der Waals surface area contributed by atoms with Crippen LogP contribution in [-0.4, -0.2) is 64.8 Å². The van der Waals surface area contributed by atoms with Crippen molar-refractivity contribution in [1.29, 1.82) is 0 Å². The second-order valence-corrected chi connectivity index (χ2v) is 10.0. The molecule has 0 aliphatic carbocycles. The van der Waals surface area contributed by atoms with Crippen molar-refractivity contribution in [3.63, 3.8) is 0 Å². The Morgan fingerprint density at radius 2 is 1.93 bits per heavy atom. The van der Waals surface area contributed by atoms with E-state index in [1.54, 1.807) is 0 Å². The lowest BCUT2D eigenvalue weighted by Crippen LogP contribution is -2.45. The second-order valence-electron chi connectivity index (χ2n) is 7.79. The molecule has 1 aromatic carbocycles. The zero-order valence-electron chi connectivity index (χ0n) is 17.9. The minimum atomic E-state index is -2.93. The monoisotopic (exact) mass is 551 g/mol. The van der Waals surface area contributed by atoms with Crippen molar-refractivity contribution in [2.24, 2.45) is 4.99 Å². The van der Waals surface area contributed by atoms with Crippen molar-refractivity contribution in [3.05, 3.63) is 29.8 Å². The van der Waals surface area contributed by atoms with Gasteiger partial charge in [-0.15, -0.1) is 24.0 Å². The van der Waals surface area contributed by atoms with Gasteiger partial charge in [-0.2, -0.15) is 0 Å². The molecule has 2 N–H and O–H groups in total. The molecule has 0 bridgehead atoms. The Hall–Kier alpha value is -1.07. The molecule has 170 valence electrons. The number of guanidine groups is 1. The molecule has 2 heterocycles. The van der Waals surface area contributed by atoms with Gasteiger partial charge in [-0.3, -0.25) is 4.99 Å². The fourth-order valence-corrected chi connectivity index (χ4v) is 5.70. The van der Waals surface area contributed by atoms with Crippen LogP contribution in [0.4, 0.5) is 0 Å². The number of nitrogens with one attached hydrogen (secondary N) is 2. The van der Waals surface area contributed by atoms with Crippen LogP contribution in [0.5, 0.6) is 5.75 Å². The topological polar surface area (TPSA) is 89.0 Å². The summed E-state index contributed by atoms with van der Waals surface area (Å²) in [5.41, 5.74) is 1.15. The van der Waals surface area contributed by atoms with E-state index < -0.39 is 9.84 Å². The van der Waals surface area contributed by atoms with Crippen molar-refractivity contribution < 1.29 is 17.9 Å². The number of aliphatic imine (C=N–C) groups is 1. The molecular weight excluding hydrogens is 517 g/mol. The zero-order valence-corrected chi connectivity index (χ0v) is 21.0. The highest BCUT2D eigenvalue weighted by atomic mass is 127. The number of sulfone groups is 1. The van der Waals surface area contributed by atoms with E-state index in [-0.39, 0.29) is 46.9 Å². The van der Waals surface area contributed by atoms with E-state index in [9.17, 15) is 8.42 Å². The Bertz CT molecular complexity index is 793. The molecule has 1 aromatic rings. The first-order valence-electron chi connectivity index (χ1n) is 10.5. The number of ether oxygens (including phenoxy) is 2. The highest BCUT2D eigenvalue weighted by Crippen LogP contribution is 2.36. The summed E-state index contributed by atoms with van der Waals surface area (Å²) in [4.78, 5) is 4.87. The van der Waals surface area contributed by atoms with Gasteiger partial charge in [-0.25, -0.2) is 8.42 Å². The van der Waals surface area contributed by atoms with E-state index >= 15 is 0 Å². The van der Waals surface area contributed by atoms with E-state index in [1.165, 1.54) is 5.56 Å². The Morgan fingerprint density at radius 3 is 2.50 bits per heavy atom. The maximum absolute atomic E-state index is 11.8. The maximum Gasteiger partial charge on any atom is 0.191 e. The van der Waals surface area contributed by atoms with Crippen LogP contribution in [0.2, 0.25) is 0 Å². The Morgan fingerprint density at radius 1 is 1.23 bits per heavy atom. The average molecular weight is 551 g/mol. The number of halogens is 1. The van der Waals surface area contributed by atoms with Crippen LogP contribution in [0, 0.1) is 0 Å². The summed E-state index contributed by atoms with van der Waals surface area (Å²) in [6, 6.07) is 8.24. The van der Waals surface area contributed by atoms with E-state index in [4.69, 9.17) is 14.5 Å². The molecule has 0 aromatic heterocycles. The summed E-state index contributed by atoms with van der Waals surface area (Å²) in [6.45, 7) is 7.43. The second kappa shape index (κ2) is 11.5. The van der Waals surface area contributed by atoms with E-state index in [0.29, 0.717) is 38.7 Å². The average Bonchev–Trinajstić information content (AvgIpc) is 3.06. The zero-order chi connectivity index (χ0) is 20.7. The molecule has 2 fully saturated rings. The molecule has 2 saturated heterocycles. The lowest BCUT2D eigenvalue weighted by molar-refractivity contribution is 0.0531. The van der Waals surface area contributed by atoms with E-state index in [0.717, 1.165) is 25.1 Å². The molecule has 2 aliphatic heterocycles. The number of rotatable bonds is 7. The third-order valence-corrected chi connectivity index (χ3v) is 7.45. The van der Waals surface area contributed by atoms with E-state index in [2.05, 4.69) is 22.8 Å². The summed E-state index contributed by atoms with van der Waals surface area (Å²) in [5, 5.41) is 6.58. The number of benzene rings is 1. The number of hydrogen-bond acceptors (Lipinski definition) is 5. The lowest BCUT2D eigenvalue weighted by atomic mass is 9.74. The van der Waals surface area contributed by atoms with Crippen LogP contribution >= 0.6 is 24.0 Å². The summed E-state index contributed by atoms with van der Waals surface area (Å²) >= 11 is 0. The minimum Gasteiger partial charge on any atom is -0.494 e. The van der Waals surface area contributed by atoms with E-state index in [1.807, 2.05) is 26.0 Å². The highest BCUT2D eigenvalue weighted by Gasteiger charge is 2.35. The summed E-state index contributed by atoms with van der Waals surface area (Å²) in [6.07, 6.45) is 2.44. The molecule has 0 spiro atoms. The van der Waals surface area contributed by atoms with Gasteiger partial charge in [0, 0.05) is 31.2 Å². The molecule has 7 nitrogen and oxygen atoms in total. The molecule has 30 heavy (non-hydrogen) atoms. The van der Waals surface area contributed by atoms with Crippen molar-refractivity contribution in [2.75, 3.05) is 44.4 Å².